The van der Waals surface area contributed by atoms with Gasteiger partial charge in [-0.15, -0.1) is 0 Å². The summed E-state index contributed by atoms with van der Waals surface area (Å²) >= 11 is 0. The molecule has 0 bridgehead atoms. The van der Waals surface area contributed by atoms with Crippen molar-refractivity contribution in [3.05, 3.63) is 205 Å². The highest BCUT2D eigenvalue weighted by Gasteiger charge is 2.33. The molecule has 4 saturated carbocycles. The second-order valence-corrected chi connectivity index (χ2v) is 33.0. The van der Waals surface area contributed by atoms with Crippen molar-refractivity contribution >= 4 is 51.4 Å². The van der Waals surface area contributed by atoms with Crippen LogP contribution in [0.1, 0.15) is 176 Å². The molecular formula is C88H88N28O5. The number of nitrogens with zero attached hydrogens (tertiary/aromatic N) is 25. The number of amides is 3. The number of aromatic nitrogens is 24. The van der Waals surface area contributed by atoms with Crippen LogP contribution in [0.4, 0.5) is 0 Å². The SMILES string of the molecule is NC(=O)c1cnc2ccc(-c3c(-c4ccn(C5CCC5)n4)nc4n3CCC4)cn12.NC(=O)c1cnc2ccc(-c3c(-c4ccn(C5CCC5)n4)nc4n3CCC4)cn12.NC(=O)c1cnc2ccc(-c3c(-c4ccn(C5CCC5)n4)nc4occn34)cn12.O=c1c2cc(-c3c(-c4ccn(C5CC5)n4)nc4n3CCC4)ccc2ncn1CCN1CCCC1. The summed E-state index contributed by atoms with van der Waals surface area (Å²) in [6.45, 7) is 6.66. The van der Waals surface area contributed by atoms with E-state index in [0.29, 0.717) is 76.0 Å². The van der Waals surface area contributed by atoms with Gasteiger partial charge < -0.3 is 40.2 Å². The molecule has 0 unspecified atom stereocenters. The highest BCUT2D eigenvalue weighted by atomic mass is 16.3. The van der Waals surface area contributed by atoms with Crippen molar-refractivity contribution in [1.82, 2.24) is 120 Å². The van der Waals surface area contributed by atoms with E-state index in [4.69, 9.17) is 57.0 Å². The molecular weight excluding hydrogens is 1530 g/mol. The van der Waals surface area contributed by atoms with Crippen LogP contribution in [-0.2, 0) is 45.4 Å². The molecule has 16 aromatic heterocycles. The van der Waals surface area contributed by atoms with Crippen molar-refractivity contribution in [1.29, 1.82) is 0 Å². The highest BCUT2D eigenvalue weighted by molar-refractivity contribution is 5.94. The molecule has 4 aliphatic heterocycles. The third-order valence-corrected chi connectivity index (χ3v) is 25.5. The molecule has 33 heteroatoms. The Kier molecular flexibility index (Phi) is 18.1. The van der Waals surface area contributed by atoms with Crippen molar-refractivity contribution in [2.75, 3.05) is 19.6 Å². The number of primary amides is 3. The first-order valence-corrected chi connectivity index (χ1v) is 42.3. The van der Waals surface area contributed by atoms with Gasteiger partial charge in [-0.2, -0.15) is 25.4 Å². The van der Waals surface area contributed by atoms with Crippen molar-refractivity contribution in [2.24, 2.45) is 17.2 Å². The number of imidazole rings is 7. The number of hydrogen-bond acceptors (Lipinski definition) is 18. The molecule has 3 amide bonds. The lowest BCUT2D eigenvalue weighted by molar-refractivity contribution is 0.0986. The van der Waals surface area contributed by atoms with Gasteiger partial charge in [0.1, 0.15) is 103 Å². The van der Waals surface area contributed by atoms with Crippen LogP contribution in [0.25, 0.3) is 124 Å². The maximum Gasteiger partial charge on any atom is 0.306 e. The standard InChI is InChI=1S/C26H29N7O.2C21H21N7O.C20H17N7O2/c34-26-20-16-18(5-8-21(20)27-17-31(26)15-14-30-10-1-2-11-30)25-24(28-23-4-3-12-32(23)25)22-9-13-33(29-22)19-6-7-19;2*22-21(29)16-11-23-17-7-6-13(12-27(16)17)20-19(24-18-5-2-9-26(18)20)15-8-10-28(25-15)14-3-1-4-14;21-19(28)15-10-22-16-5-4-12(11-26(15)16)18-17(23-20-25(18)8-9-29-20)14-6-7-27(24-14)13-2-1-3-13/h5,8-9,13,16-17,19H,1-4,6-7,10-12,14-15H2;2*6-8,10-12,14H,1-5,9H2,(H2,22,29);4-11,13H,1-3H2,(H2,21,28). The second-order valence-electron chi connectivity index (χ2n) is 33.0. The molecule has 4 aliphatic carbocycles. The van der Waals surface area contributed by atoms with Crippen LogP contribution >= 0.6 is 0 Å². The summed E-state index contributed by atoms with van der Waals surface area (Å²) in [5, 5.41) is 20.0. The van der Waals surface area contributed by atoms with E-state index in [9.17, 15) is 19.2 Å². The molecule has 610 valence electrons. The number of carbonyl (C=O) groups is 3. The molecule has 20 heterocycles. The zero-order valence-corrected chi connectivity index (χ0v) is 66.7. The van der Waals surface area contributed by atoms with Crippen molar-refractivity contribution < 1.29 is 18.8 Å². The summed E-state index contributed by atoms with van der Waals surface area (Å²) < 4.78 is 29.5. The van der Waals surface area contributed by atoms with Gasteiger partial charge in [0.05, 0.1) is 82.8 Å². The first kappa shape index (κ1) is 73.4. The fraction of sp³-hybridized carbons (Fsp3) is 0.341. The predicted octanol–water partition coefficient (Wildman–Crippen LogP) is 12.1. The Morgan fingerprint density at radius 3 is 1.20 bits per heavy atom. The molecule has 5 fully saturated rings. The quantitative estimate of drug-likeness (QED) is 0.0718. The summed E-state index contributed by atoms with van der Waals surface area (Å²) in [5.74, 6) is 2.26. The zero-order valence-electron chi connectivity index (χ0n) is 66.7. The fourth-order valence-electron chi connectivity index (χ4n) is 18.2. The van der Waals surface area contributed by atoms with E-state index in [1.54, 1.807) is 30.4 Å². The monoisotopic (exact) mass is 1620 g/mol. The minimum Gasteiger partial charge on any atom is -0.432 e. The topological polar surface area (TPSA) is 374 Å². The third-order valence-electron chi connectivity index (χ3n) is 25.5. The van der Waals surface area contributed by atoms with E-state index in [0.717, 1.165) is 204 Å². The maximum absolute atomic E-state index is 13.4. The Morgan fingerprint density at radius 1 is 0.397 bits per heavy atom. The van der Waals surface area contributed by atoms with Gasteiger partial charge in [-0.1, -0.05) is 6.07 Å². The molecule has 1 saturated heterocycles. The Bertz CT molecular complexity index is 6790. The first-order chi connectivity index (χ1) is 59.3. The molecule has 33 nitrogen and oxygen atoms in total. The van der Waals surface area contributed by atoms with Gasteiger partial charge in [-0.25, -0.2) is 34.9 Å². The van der Waals surface area contributed by atoms with E-state index in [1.807, 2.05) is 94.7 Å². The summed E-state index contributed by atoms with van der Waals surface area (Å²) in [6.07, 6.45) is 45.5. The average Bonchev–Trinajstić information content (AvgIpc) is 1.58. The van der Waals surface area contributed by atoms with E-state index in [-0.39, 0.29) is 5.56 Å². The fourth-order valence-corrected chi connectivity index (χ4v) is 18.2. The van der Waals surface area contributed by atoms with Gasteiger partial charge in [0.15, 0.2) is 0 Å². The average molecular weight is 1620 g/mol. The van der Waals surface area contributed by atoms with Crippen molar-refractivity contribution in [2.45, 2.75) is 172 Å². The van der Waals surface area contributed by atoms with Crippen LogP contribution in [0.15, 0.2) is 169 Å². The van der Waals surface area contributed by atoms with E-state index in [1.165, 1.54) is 89.2 Å². The molecule has 8 aliphatic rings. The normalized spacial score (nSPS) is 16.4. The smallest absolute Gasteiger partial charge is 0.306 e. The Hall–Kier alpha value is -14.0. The Morgan fingerprint density at radius 2 is 0.793 bits per heavy atom. The number of nitrogens with two attached hydrogens (primary N) is 3. The Labute approximate surface area is 690 Å². The van der Waals surface area contributed by atoms with Gasteiger partial charge in [-0.3, -0.25) is 60.1 Å². The molecule has 6 N–H and O–H groups in total. The summed E-state index contributed by atoms with van der Waals surface area (Å²) in [5.41, 5.74) is 35.2. The van der Waals surface area contributed by atoms with Crippen LogP contribution < -0.4 is 22.8 Å². The Balaban J connectivity index is 0.0000000968. The summed E-state index contributed by atoms with van der Waals surface area (Å²) in [7, 11) is 0. The molecule has 25 rings (SSSR count). The summed E-state index contributed by atoms with van der Waals surface area (Å²) in [6, 6.07) is 27.9. The maximum atomic E-state index is 13.4. The molecule has 0 radical (unpaired) electrons. The minimum atomic E-state index is -0.532. The van der Waals surface area contributed by atoms with E-state index < -0.39 is 17.7 Å². The second kappa shape index (κ2) is 29.8. The molecule has 121 heavy (non-hydrogen) atoms. The largest absolute Gasteiger partial charge is 0.432 e. The zero-order chi connectivity index (χ0) is 81.3. The van der Waals surface area contributed by atoms with Gasteiger partial charge in [0.25, 0.3) is 23.3 Å². The molecule has 1 aromatic carbocycles. The number of benzene rings is 1. The number of aryl methyl sites for hydroxylation is 3. The predicted molar refractivity (Wildman–Crippen MR) is 450 cm³/mol. The van der Waals surface area contributed by atoms with Gasteiger partial charge in [0, 0.05) is 124 Å². The van der Waals surface area contributed by atoms with Crippen LogP contribution in [-0.4, -0.2) is 157 Å². The lowest BCUT2D eigenvalue weighted by Gasteiger charge is -2.25. The van der Waals surface area contributed by atoms with Crippen molar-refractivity contribution in [3.8, 4) is 90.6 Å². The molecule has 17 aromatic rings. The highest BCUT2D eigenvalue weighted by Crippen LogP contribution is 2.43. The van der Waals surface area contributed by atoms with Crippen LogP contribution in [0.3, 0.4) is 0 Å². The number of hydrogen-bond donors (Lipinski definition) is 3. The number of oxazole rings is 1. The lowest BCUT2D eigenvalue weighted by atomic mass is 9.93. The molecule has 0 atom stereocenters. The first-order valence-electron chi connectivity index (χ1n) is 42.3. The van der Waals surface area contributed by atoms with Gasteiger partial charge in [-0.05, 0) is 189 Å². The van der Waals surface area contributed by atoms with Crippen LogP contribution in [0.2, 0.25) is 0 Å². The number of carbonyl (C=O) groups excluding carboxylic acids is 3. The molecule has 0 spiro atoms. The number of rotatable bonds is 18. The lowest BCUT2D eigenvalue weighted by Crippen LogP contribution is -2.29. The number of likely N-dealkylation sites (tertiary alicyclic amines) is 1. The van der Waals surface area contributed by atoms with Gasteiger partial charge >= 0.3 is 5.84 Å². The van der Waals surface area contributed by atoms with E-state index >= 15 is 0 Å². The third kappa shape index (κ3) is 13.2. The summed E-state index contributed by atoms with van der Waals surface area (Å²) in [4.78, 5) is 88.1. The van der Waals surface area contributed by atoms with Crippen LogP contribution in [0, 0.1) is 0 Å². The minimum absolute atomic E-state index is 0.0340. The van der Waals surface area contributed by atoms with Gasteiger partial charge in [0.2, 0.25) is 0 Å². The van der Waals surface area contributed by atoms with Crippen molar-refractivity contribution in [3.63, 3.8) is 0 Å². The number of fused-ring (bicyclic) bond motifs is 8. The number of pyridine rings is 3. The van der Waals surface area contributed by atoms with Crippen LogP contribution in [0.5, 0.6) is 0 Å². The van der Waals surface area contributed by atoms with E-state index in [2.05, 4.69) is 100 Å².